The zero-order valence-electron chi connectivity index (χ0n) is 15.5. The van der Waals surface area contributed by atoms with Gasteiger partial charge in [-0.3, -0.25) is 9.89 Å². The number of amides is 1. The molecule has 1 amide bonds. The molecule has 0 spiro atoms. The molecule has 4 rings (SSSR count). The van der Waals surface area contributed by atoms with Gasteiger partial charge in [0.1, 0.15) is 0 Å². The van der Waals surface area contributed by atoms with Crippen molar-refractivity contribution in [2.75, 3.05) is 31.6 Å². The molecule has 7 nitrogen and oxygen atoms in total. The number of fused-ring (bicyclic) bond motifs is 1. The van der Waals surface area contributed by atoms with E-state index in [4.69, 9.17) is 9.72 Å². The lowest BCUT2D eigenvalue weighted by Gasteiger charge is -2.23. The molecule has 1 atom stereocenters. The second kappa shape index (κ2) is 7.23. The molecule has 2 aliphatic rings. The number of nitrogens with zero attached hydrogens (tertiary/aromatic N) is 3. The van der Waals surface area contributed by atoms with Crippen molar-refractivity contribution in [3.05, 3.63) is 17.8 Å². The van der Waals surface area contributed by atoms with Gasteiger partial charge in [0.15, 0.2) is 11.5 Å². The van der Waals surface area contributed by atoms with Crippen LogP contribution in [0.25, 0.3) is 11.0 Å². The Bertz CT molecular complexity index is 781. The third kappa shape index (κ3) is 3.40. The summed E-state index contributed by atoms with van der Waals surface area (Å²) >= 11 is 0. The topological polar surface area (TPSA) is 83.1 Å². The first-order valence-corrected chi connectivity index (χ1v) is 9.60. The van der Waals surface area contributed by atoms with Crippen LogP contribution in [0.15, 0.2) is 12.1 Å². The summed E-state index contributed by atoms with van der Waals surface area (Å²) in [6.07, 6.45) is 2.97. The van der Waals surface area contributed by atoms with Crippen LogP contribution in [0.1, 0.15) is 44.7 Å². The number of carbonyl (C=O) groups is 1. The normalized spacial score (nSPS) is 21.7. The first-order chi connectivity index (χ1) is 12.6. The Hall–Kier alpha value is -2.15. The van der Waals surface area contributed by atoms with E-state index in [0.29, 0.717) is 12.0 Å². The standard InChI is InChI=1S/C19H27N5O2/c1-12(2)19(25)24-8-5-13(11-24)16-4-3-15-17(22-23-18(15)21-16)20-14-6-9-26-10-7-14/h3-4,12-14H,5-11H2,1-2H3,(H2,20,21,22,23)/t13-/m0/s1. The Morgan fingerprint density at radius 3 is 2.88 bits per heavy atom. The fourth-order valence-electron chi connectivity index (χ4n) is 3.86. The van der Waals surface area contributed by atoms with E-state index in [1.807, 2.05) is 18.7 Å². The summed E-state index contributed by atoms with van der Waals surface area (Å²) in [7, 11) is 0. The predicted octanol–water partition coefficient (Wildman–Crippen LogP) is 2.52. The molecule has 140 valence electrons. The Kier molecular flexibility index (Phi) is 4.80. The Labute approximate surface area is 153 Å². The van der Waals surface area contributed by atoms with Gasteiger partial charge in [0.05, 0.1) is 5.39 Å². The molecule has 26 heavy (non-hydrogen) atoms. The van der Waals surface area contributed by atoms with E-state index in [2.05, 4.69) is 27.6 Å². The van der Waals surface area contributed by atoms with Gasteiger partial charge in [0.25, 0.3) is 0 Å². The van der Waals surface area contributed by atoms with Gasteiger partial charge in [0.2, 0.25) is 5.91 Å². The fourth-order valence-corrected chi connectivity index (χ4v) is 3.86. The number of likely N-dealkylation sites (tertiary alicyclic amines) is 1. The van der Waals surface area contributed by atoms with Crippen LogP contribution >= 0.6 is 0 Å². The van der Waals surface area contributed by atoms with Crippen molar-refractivity contribution in [1.82, 2.24) is 20.1 Å². The van der Waals surface area contributed by atoms with Crippen LogP contribution in [-0.2, 0) is 9.53 Å². The number of ether oxygens (including phenoxy) is 1. The Balaban J connectivity index is 1.47. The number of hydrogen-bond donors (Lipinski definition) is 2. The molecule has 0 aliphatic carbocycles. The predicted molar refractivity (Wildman–Crippen MR) is 100 cm³/mol. The molecule has 2 aromatic rings. The molecule has 2 fully saturated rings. The van der Waals surface area contributed by atoms with Crippen molar-refractivity contribution in [1.29, 1.82) is 0 Å². The molecular weight excluding hydrogens is 330 g/mol. The highest BCUT2D eigenvalue weighted by Crippen LogP contribution is 2.29. The minimum Gasteiger partial charge on any atom is -0.381 e. The second-order valence-electron chi connectivity index (χ2n) is 7.66. The summed E-state index contributed by atoms with van der Waals surface area (Å²) in [6.45, 7) is 7.10. The van der Waals surface area contributed by atoms with Crippen LogP contribution in [0.3, 0.4) is 0 Å². The lowest BCUT2D eigenvalue weighted by molar-refractivity contribution is -0.133. The average Bonchev–Trinajstić information content (AvgIpc) is 3.29. The van der Waals surface area contributed by atoms with Crippen molar-refractivity contribution in [2.45, 2.75) is 45.1 Å². The zero-order chi connectivity index (χ0) is 18.1. The zero-order valence-corrected chi connectivity index (χ0v) is 15.5. The molecule has 2 N–H and O–H groups in total. The second-order valence-corrected chi connectivity index (χ2v) is 7.66. The summed E-state index contributed by atoms with van der Waals surface area (Å²) in [6, 6.07) is 4.58. The first-order valence-electron chi connectivity index (χ1n) is 9.60. The van der Waals surface area contributed by atoms with Crippen molar-refractivity contribution < 1.29 is 9.53 Å². The number of pyridine rings is 1. The molecule has 2 aromatic heterocycles. The van der Waals surface area contributed by atoms with Crippen molar-refractivity contribution in [3.8, 4) is 0 Å². The minimum atomic E-state index is 0.0515. The molecule has 0 bridgehead atoms. The highest BCUT2D eigenvalue weighted by atomic mass is 16.5. The van der Waals surface area contributed by atoms with Crippen LogP contribution in [0.4, 0.5) is 5.82 Å². The molecule has 2 aliphatic heterocycles. The van der Waals surface area contributed by atoms with E-state index in [-0.39, 0.29) is 11.8 Å². The van der Waals surface area contributed by atoms with E-state index in [9.17, 15) is 4.79 Å². The molecule has 2 saturated heterocycles. The van der Waals surface area contributed by atoms with Gasteiger partial charge < -0.3 is 15.0 Å². The number of aromatic amines is 1. The minimum absolute atomic E-state index is 0.0515. The van der Waals surface area contributed by atoms with E-state index in [1.165, 1.54) is 0 Å². The average molecular weight is 357 g/mol. The lowest BCUT2D eigenvalue weighted by Crippen LogP contribution is -2.32. The first kappa shape index (κ1) is 17.3. The number of aromatic nitrogens is 3. The maximum absolute atomic E-state index is 12.2. The molecule has 4 heterocycles. The third-order valence-electron chi connectivity index (χ3n) is 5.42. The monoisotopic (exact) mass is 357 g/mol. The fraction of sp³-hybridized carbons (Fsp3) is 0.632. The van der Waals surface area contributed by atoms with Crippen molar-refractivity contribution in [3.63, 3.8) is 0 Å². The van der Waals surface area contributed by atoms with Gasteiger partial charge in [0, 0.05) is 49.9 Å². The van der Waals surface area contributed by atoms with Crippen molar-refractivity contribution in [2.24, 2.45) is 5.92 Å². The van der Waals surface area contributed by atoms with Gasteiger partial charge in [-0.15, -0.1) is 0 Å². The smallest absolute Gasteiger partial charge is 0.225 e. The summed E-state index contributed by atoms with van der Waals surface area (Å²) in [5, 5.41) is 12.0. The highest BCUT2D eigenvalue weighted by molar-refractivity contribution is 5.87. The largest absolute Gasteiger partial charge is 0.381 e. The summed E-state index contributed by atoms with van der Waals surface area (Å²) in [5.41, 5.74) is 1.85. The van der Waals surface area contributed by atoms with Gasteiger partial charge in [-0.25, -0.2) is 4.98 Å². The van der Waals surface area contributed by atoms with Crippen molar-refractivity contribution >= 4 is 22.8 Å². The summed E-state index contributed by atoms with van der Waals surface area (Å²) < 4.78 is 5.41. The third-order valence-corrected chi connectivity index (χ3v) is 5.42. The maximum atomic E-state index is 12.2. The number of carbonyl (C=O) groups excluding carboxylic acids is 1. The van der Waals surface area contributed by atoms with Crippen LogP contribution in [0, 0.1) is 5.92 Å². The van der Waals surface area contributed by atoms with E-state index < -0.39 is 0 Å². The number of nitrogens with one attached hydrogen (secondary N) is 2. The van der Waals surface area contributed by atoms with Crippen LogP contribution < -0.4 is 5.32 Å². The van der Waals surface area contributed by atoms with Gasteiger partial charge >= 0.3 is 0 Å². The quantitative estimate of drug-likeness (QED) is 0.878. The molecule has 0 saturated carbocycles. The SMILES string of the molecule is CC(C)C(=O)N1CC[C@H](c2ccc3c(NC4CCOCC4)n[nH]c3n2)C1. The molecular formula is C19H27N5O2. The summed E-state index contributed by atoms with van der Waals surface area (Å²) in [5.74, 6) is 1.46. The number of rotatable bonds is 4. The van der Waals surface area contributed by atoms with Crippen LogP contribution in [-0.4, -0.2) is 58.3 Å². The van der Waals surface area contributed by atoms with E-state index >= 15 is 0 Å². The van der Waals surface area contributed by atoms with Gasteiger partial charge in [-0.1, -0.05) is 13.8 Å². The summed E-state index contributed by atoms with van der Waals surface area (Å²) in [4.78, 5) is 19.0. The lowest BCUT2D eigenvalue weighted by atomic mass is 10.0. The molecule has 7 heteroatoms. The molecule has 0 radical (unpaired) electrons. The van der Waals surface area contributed by atoms with Gasteiger partial charge in [-0.2, -0.15) is 5.10 Å². The highest BCUT2D eigenvalue weighted by Gasteiger charge is 2.29. The molecule has 0 aromatic carbocycles. The van der Waals surface area contributed by atoms with E-state index in [0.717, 1.165) is 68.1 Å². The van der Waals surface area contributed by atoms with E-state index in [1.54, 1.807) is 0 Å². The van der Waals surface area contributed by atoms with Gasteiger partial charge in [-0.05, 0) is 31.4 Å². The number of anilines is 1. The number of H-pyrrole nitrogens is 1. The maximum Gasteiger partial charge on any atom is 0.225 e. The Morgan fingerprint density at radius 2 is 2.12 bits per heavy atom. The van der Waals surface area contributed by atoms with Crippen LogP contribution in [0.2, 0.25) is 0 Å². The molecule has 0 unspecified atom stereocenters. The number of hydrogen-bond acceptors (Lipinski definition) is 5. The van der Waals surface area contributed by atoms with Crippen LogP contribution in [0.5, 0.6) is 0 Å². The Morgan fingerprint density at radius 1 is 1.31 bits per heavy atom.